The number of rotatable bonds is 2. The van der Waals surface area contributed by atoms with Crippen LogP contribution in [0.25, 0.3) is 0 Å². The lowest BCUT2D eigenvalue weighted by Crippen LogP contribution is -2.35. The maximum atomic E-state index is 2.51. The van der Waals surface area contributed by atoms with Gasteiger partial charge >= 0.3 is 0 Å². The molecule has 0 aromatic rings. The van der Waals surface area contributed by atoms with Crippen molar-refractivity contribution in [1.29, 1.82) is 0 Å². The molecular formula is C15H24. The van der Waals surface area contributed by atoms with Gasteiger partial charge in [-0.2, -0.15) is 0 Å². The molecule has 2 rings (SSSR count). The first-order valence-corrected chi connectivity index (χ1v) is 6.50. The monoisotopic (exact) mass is 204 g/mol. The maximum absolute atomic E-state index is 2.51. The molecule has 3 atom stereocenters. The highest BCUT2D eigenvalue weighted by Crippen LogP contribution is 2.66. The lowest BCUT2D eigenvalue weighted by Gasteiger charge is -2.42. The highest BCUT2D eigenvalue weighted by Gasteiger charge is 2.57. The molecule has 0 aromatic heterocycles. The van der Waals surface area contributed by atoms with E-state index in [4.69, 9.17) is 0 Å². The third kappa shape index (κ3) is 1.14. The van der Waals surface area contributed by atoms with E-state index in [1.165, 1.54) is 25.7 Å². The van der Waals surface area contributed by atoms with E-state index in [9.17, 15) is 0 Å². The average Bonchev–Trinajstić information content (AvgIpc) is 2.68. The van der Waals surface area contributed by atoms with Crippen molar-refractivity contribution in [2.75, 3.05) is 0 Å². The fraction of sp³-hybridized carbons (Fsp3) is 0.733. The molecule has 0 bridgehead atoms. The Morgan fingerprint density at radius 3 is 2.73 bits per heavy atom. The molecule has 2 aliphatic carbocycles. The lowest BCUT2D eigenvalue weighted by molar-refractivity contribution is 0.149. The van der Waals surface area contributed by atoms with Gasteiger partial charge in [0.05, 0.1) is 0 Å². The first kappa shape index (κ1) is 11.0. The zero-order chi connectivity index (χ0) is 11.1. The van der Waals surface area contributed by atoms with Gasteiger partial charge in [-0.05, 0) is 43.1 Å². The molecule has 2 aliphatic rings. The summed E-state index contributed by atoms with van der Waals surface area (Å²) >= 11 is 0. The van der Waals surface area contributed by atoms with Crippen LogP contribution in [0.15, 0.2) is 23.8 Å². The summed E-state index contributed by atoms with van der Waals surface area (Å²) in [6.07, 6.45) is 12.7. The predicted octanol–water partition coefficient (Wildman–Crippen LogP) is 4.73. The van der Waals surface area contributed by atoms with Crippen LogP contribution in [0.1, 0.15) is 53.4 Å². The quantitative estimate of drug-likeness (QED) is 0.610. The molecule has 0 spiro atoms. The molecule has 0 heterocycles. The first-order chi connectivity index (χ1) is 7.14. The van der Waals surface area contributed by atoms with Crippen LogP contribution in [0.2, 0.25) is 0 Å². The van der Waals surface area contributed by atoms with Gasteiger partial charge in [-0.1, -0.05) is 45.4 Å². The molecule has 0 heteroatoms. The number of fused-ring (bicyclic) bond motifs is 1. The first-order valence-electron chi connectivity index (χ1n) is 6.50. The molecular weight excluding hydrogens is 180 g/mol. The SMILES string of the molecule is C/C=C1/C=CC2(CC)CCC(CC)C12C. The van der Waals surface area contributed by atoms with Crippen LogP contribution in [-0.4, -0.2) is 0 Å². The molecule has 0 amide bonds. The Balaban J connectivity index is 2.48. The molecule has 0 aromatic carbocycles. The van der Waals surface area contributed by atoms with Crippen molar-refractivity contribution in [2.45, 2.75) is 53.4 Å². The molecule has 0 saturated heterocycles. The second-order valence-electron chi connectivity index (χ2n) is 5.43. The van der Waals surface area contributed by atoms with E-state index in [1.807, 2.05) is 0 Å². The molecule has 15 heavy (non-hydrogen) atoms. The second-order valence-corrected chi connectivity index (χ2v) is 5.43. The van der Waals surface area contributed by atoms with Gasteiger partial charge in [0, 0.05) is 5.41 Å². The zero-order valence-electron chi connectivity index (χ0n) is 10.6. The molecule has 0 nitrogen and oxygen atoms in total. The molecule has 0 N–H and O–H groups in total. The molecule has 0 radical (unpaired) electrons. The van der Waals surface area contributed by atoms with Crippen molar-refractivity contribution in [1.82, 2.24) is 0 Å². The van der Waals surface area contributed by atoms with Gasteiger partial charge < -0.3 is 0 Å². The van der Waals surface area contributed by atoms with Crippen molar-refractivity contribution >= 4 is 0 Å². The van der Waals surface area contributed by atoms with Crippen molar-refractivity contribution in [3.8, 4) is 0 Å². The standard InChI is InChI=1S/C15H24/c1-5-12-8-10-15(7-3)11-9-13(6-2)14(12,15)4/h5,8,10,13H,6-7,9,11H2,1-4H3/b12-5-. The highest BCUT2D eigenvalue weighted by molar-refractivity contribution is 5.41. The van der Waals surface area contributed by atoms with E-state index in [0.717, 1.165) is 5.92 Å². The van der Waals surface area contributed by atoms with E-state index < -0.39 is 0 Å². The Hall–Kier alpha value is -0.520. The Kier molecular flexibility index (Phi) is 2.56. The van der Waals surface area contributed by atoms with Crippen LogP contribution in [-0.2, 0) is 0 Å². The van der Waals surface area contributed by atoms with Gasteiger partial charge in [-0.25, -0.2) is 0 Å². The van der Waals surface area contributed by atoms with E-state index in [-0.39, 0.29) is 0 Å². The molecule has 3 unspecified atom stereocenters. The lowest BCUT2D eigenvalue weighted by atomic mass is 9.62. The summed E-state index contributed by atoms with van der Waals surface area (Å²) in [4.78, 5) is 0. The van der Waals surface area contributed by atoms with E-state index in [0.29, 0.717) is 10.8 Å². The fourth-order valence-corrected chi connectivity index (χ4v) is 4.26. The number of allylic oxidation sites excluding steroid dienone is 4. The second kappa shape index (κ2) is 3.50. The van der Waals surface area contributed by atoms with Gasteiger partial charge in [0.1, 0.15) is 0 Å². The summed E-state index contributed by atoms with van der Waals surface area (Å²) in [6, 6.07) is 0. The molecule has 1 saturated carbocycles. The Morgan fingerprint density at radius 2 is 2.20 bits per heavy atom. The third-order valence-corrected chi connectivity index (χ3v) is 5.41. The smallest absolute Gasteiger partial charge is 0.00403 e. The van der Waals surface area contributed by atoms with Gasteiger partial charge in [-0.15, -0.1) is 0 Å². The maximum Gasteiger partial charge on any atom is 0.00403 e. The summed E-state index contributed by atoms with van der Waals surface area (Å²) in [5.74, 6) is 0.888. The van der Waals surface area contributed by atoms with Crippen molar-refractivity contribution in [2.24, 2.45) is 16.7 Å². The van der Waals surface area contributed by atoms with E-state index in [1.54, 1.807) is 5.57 Å². The minimum atomic E-state index is 0.436. The minimum Gasteiger partial charge on any atom is -0.0839 e. The largest absolute Gasteiger partial charge is 0.0839 e. The number of hydrogen-bond donors (Lipinski definition) is 0. The van der Waals surface area contributed by atoms with Crippen LogP contribution in [0.5, 0.6) is 0 Å². The van der Waals surface area contributed by atoms with Crippen molar-refractivity contribution in [3.63, 3.8) is 0 Å². The van der Waals surface area contributed by atoms with Gasteiger partial charge in [0.25, 0.3) is 0 Å². The Labute approximate surface area is 94.5 Å². The summed E-state index contributed by atoms with van der Waals surface area (Å²) in [6.45, 7) is 9.42. The predicted molar refractivity (Wildman–Crippen MR) is 66.7 cm³/mol. The fourth-order valence-electron chi connectivity index (χ4n) is 4.26. The van der Waals surface area contributed by atoms with Gasteiger partial charge in [0.2, 0.25) is 0 Å². The summed E-state index contributed by atoms with van der Waals surface area (Å²) in [7, 11) is 0. The molecule has 84 valence electrons. The minimum absolute atomic E-state index is 0.436. The van der Waals surface area contributed by atoms with Crippen LogP contribution in [0.3, 0.4) is 0 Å². The van der Waals surface area contributed by atoms with Crippen molar-refractivity contribution in [3.05, 3.63) is 23.8 Å². The zero-order valence-corrected chi connectivity index (χ0v) is 10.6. The average molecular weight is 204 g/mol. The third-order valence-electron chi connectivity index (χ3n) is 5.41. The van der Waals surface area contributed by atoms with Crippen LogP contribution >= 0.6 is 0 Å². The molecule has 0 aliphatic heterocycles. The van der Waals surface area contributed by atoms with Gasteiger partial charge in [0.15, 0.2) is 0 Å². The summed E-state index contributed by atoms with van der Waals surface area (Å²) in [5, 5.41) is 0. The number of hydrogen-bond acceptors (Lipinski definition) is 0. The van der Waals surface area contributed by atoms with Crippen molar-refractivity contribution < 1.29 is 0 Å². The Morgan fingerprint density at radius 1 is 1.47 bits per heavy atom. The molecule has 1 fully saturated rings. The highest BCUT2D eigenvalue weighted by atomic mass is 14.6. The van der Waals surface area contributed by atoms with Crippen LogP contribution < -0.4 is 0 Å². The normalized spacial score (nSPS) is 46.4. The van der Waals surface area contributed by atoms with E-state index in [2.05, 4.69) is 45.9 Å². The van der Waals surface area contributed by atoms with Crippen LogP contribution in [0, 0.1) is 16.7 Å². The Bertz CT molecular complexity index is 310. The summed E-state index contributed by atoms with van der Waals surface area (Å²) in [5.41, 5.74) is 2.51. The van der Waals surface area contributed by atoms with Gasteiger partial charge in [-0.3, -0.25) is 0 Å². The van der Waals surface area contributed by atoms with E-state index >= 15 is 0 Å². The topological polar surface area (TPSA) is 0 Å². The summed E-state index contributed by atoms with van der Waals surface area (Å²) < 4.78 is 0. The van der Waals surface area contributed by atoms with Crippen LogP contribution in [0.4, 0.5) is 0 Å².